The van der Waals surface area contributed by atoms with Crippen LogP contribution < -0.4 is 4.74 Å². The van der Waals surface area contributed by atoms with Gasteiger partial charge in [0.15, 0.2) is 12.1 Å². The van der Waals surface area contributed by atoms with E-state index in [1.807, 2.05) is 0 Å². The van der Waals surface area contributed by atoms with E-state index in [4.69, 9.17) is 0 Å². The van der Waals surface area contributed by atoms with E-state index >= 15 is 0 Å². The number of ether oxygens (including phenoxy) is 1. The van der Waals surface area contributed by atoms with Crippen LogP contribution in [0.5, 0.6) is 5.75 Å². The summed E-state index contributed by atoms with van der Waals surface area (Å²) in [5.41, 5.74) is -0.156. The summed E-state index contributed by atoms with van der Waals surface area (Å²) in [5, 5.41) is 0. The van der Waals surface area contributed by atoms with Crippen molar-refractivity contribution in [2.45, 2.75) is 13.5 Å². The quantitative estimate of drug-likeness (QED) is 0.633. The van der Waals surface area contributed by atoms with Gasteiger partial charge in [0.05, 0.1) is 11.1 Å². The van der Waals surface area contributed by atoms with Gasteiger partial charge >= 0.3 is 6.61 Å². The SMILES string of the molecule is CC(=O)c1cc(Br)cc(C=O)c1OC(F)F. The maximum absolute atomic E-state index is 12.1. The van der Waals surface area contributed by atoms with Gasteiger partial charge in [0.1, 0.15) is 5.75 Å². The second-order valence-electron chi connectivity index (χ2n) is 2.92. The van der Waals surface area contributed by atoms with Crippen LogP contribution >= 0.6 is 15.9 Å². The average Bonchev–Trinajstić information content (AvgIpc) is 2.19. The number of ketones is 1. The molecule has 1 aromatic rings. The van der Waals surface area contributed by atoms with Crippen LogP contribution in [-0.2, 0) is 0 Å². The first-order chi connectivity index (χ1) is 7.45. The molecule has 0 saturated heterocycles. The summed E-state index contributed by atoms with van der Waals surface area (Å²) in [6.07, 6.45) is 0.356. The highest BCUT2D eigenvalue weighted by molar-refractivity contribution is 9.10. The summed E-state index contributed by atoms with van der Waals surface area (Å²) in [6, 6.07) is 2.63. The molecule has 1 aromatic carbocycles. The lowest BCUT2D eigenvalue weighted by Crippen LogP contribution is -2.09. The van der Waals surface area contributed by atoms with Crippen LogP contribution in [0.2, 0.25) is 0 Å². The van der Waals surface area contributed by atoms with Crippen molar-refractivity contribution in [3.05, 3.63) is 27.7 Å². The van der Waals surface area contributed by atoms with Crippen LogP contribution in [-0.4, -0.2) is 18.7 Å². The molecule has 0 aliphatic carbocycles. The van der Waals surface area contributed by atoms with Gasteiger partial charge in [0.25, 0.3) is 0 Å². The van der Waals surface area contributed by atoms with E-state index in [0.717, 1.165) is 0 Å². The van der Waals surface area contributed by atoms with Crippen LogP contribution in [0.1, 0.15) is 27.6 Å². The Morgan fingerprint density at radius 2 is 2.12 bits per heavy atom. The molecule has 0 unspecified atom stereocenters. The van der Waals surface area contributed by atoms with Crippen LogP contribution in [0.4, 0.5) is 8.78 Å². The number of alkyl halides is 2. The molecule has 0 aliphatic heterocycles. The minimum Gasteiger partial charge on any atom is -0.433 e. The van der Waals surface area contributed by atoms with E-state index in [0.29, 0.717) is 10.8 Å². The molecule has 0 heterocycles. The fourth-order valence-electron chi connectivity index (χ4n) is 1.18. The summed E-state index contributed by atoms with van der Waals surface area (Å²) in [6.45, 7) is -1.88. The molecule has 0 spiro atoms. The molecule has 0 fully saturated rings. The summed E-state index contributed by atoms with van der Waals surface area (Å²) in [4.78, 5) is 21.9. The van der Waals surface area contributed by atoms with Gasteiger partial charge in [0, 0.05) is 4.47 Å². The summed E-state index contributed by atoms with van der Waals surface area (Å²) in [5.74, 6) is -0.847. The molecular weight excluding hydrogens is 286 g/mol. The van der Waals surface area contributed by atoms with Crippen LogP contribution in [0.25, 0.3) is 0 Å². The molecule has 1 rings (SSSR count). The molecule has 0 radical (unpaired) electrons. The third kappa shape index (κ3) is 2.85. The van der Waals surface area contributed by atoms with Crippen molar-refractivity contribution < 1.29 is 23.1 Å². The predicted octanol–water partition coefficient (Wildman–Crippen LogP) is 3.07. The lowest BCUT2D eigenvalue weighted by molar-refractivity contribution is -0.0503. The highest BCUT2D eigenvalue weighted by Crippen LogP contribution is 2.29. The zero-order valence-electron chi connectivity index (χ0n) is 8.17. The smallest absolute Gasteiger partial charge is 0.387 e. The van der Waals surface area contributed by atoms with Crippen LogP contribution in [0.15, 0.2) is 16.6 Å². The van der Waals surface area contributed by atoms with Gasteiger partial charge in [-0.15, -0.1) is 0 Å². The molecule has 0 aliphatic rings. The van der Waals surface area contributed by atoms with E-state index in [9.17, 15) is 18.4 Å². The third-order valence-corrected chi connectivity index (χ3v) is 2.25. The minimum atomic E-state index is -3.09. The molecule has 0 N–H and O–H groups in total. The molecule has 86 valence electrons. The Hall–Kier alpha value is -1.30. The van der Waals surface area contributed by atoms with Gasteiger partial charge in [-0.05, 0) is 19.1 Å². The highest BCUT2D eigenvalue weighted by Gasteiger charge is 2.18. The monoisotopic (exact) mass is 292 g/mol. The van der Waals surface area contributed by atoms with Gasteiger partial charge in [-0.3, -0.25) is 9.59 Å². The Labute approximate surface area is 98.5 Å². The number of rotatable bonds is 4. The number of hydrogen-bond donors (Lipinski definition) is 0. The Kier molecular flexibility index (Phi) is 4.12. The van der Waals surface area contributed by atoms with Crippen molar-refractivity contribution in [2.75, 3.05) is 0 Å². The molecule has 0 amide bonds. The molecule has 0 atom stereocenters. The highest BCUT2D eigenvalue weighted by atomic mass is 79.9. The van der Waals surface area contributed by atoms with Crippen molar-refractivity contribution >= 4 is 28.0 Å². The van der Waals surface area contributed by atoms with Gasteiger partial charge in [0.2, 0.25) is 0 Å². The fraction of sp³-hybridized carbons (Fsp3) is 0.200. The molecule has 6 heteroatoms. The van der Waals surface area contributed by atoms with Crippen molar-refractivity contribution in [1.82, 2.24) is 0 Å². The lowest BCUT2D eigenvalue weighted by atomic mass is 10.1. The topological polar surface area (TPSA) is 43.4 Å². The van der Waals surface area contributed by atoms with Gasteiger partial charge < -0.3 is 4.74 Å². The largest absolute Gasteiger partial charge is 0.433 e. The number of carbonyl (C=O) groups is 2. The normalized spacial score (nSPS) is 10.3. The number of carbonyl (C=O) groups excluding carboxylic acids is 2. The molecule has 0 saturated carbocycles. The van der Waals surface area contributed by atoms with Crippen LogP contribution in [0.3, 0.4) is 0 Å². The van der Waals surface area contributed by atoms with E-state index in [1.165, 1.54) is 19.1 Å². The second-order valence-corrected chi connectivity index (χ2v) is 3.84. The van der Waals surface area contributed by atoms with Gasteiger partial charge in [-0.2, -0.15) is 8.78 Å². The Balaban J connectivity index is 3.38. The molecule has 16 heavy (non-hydrogen) atoms. The first kappa shape index (κ1) is 12.8. The lowest BCUT2D eigenvalue weighted by Gasteiger charge is -2.11. The van der Waals surface area contributed by atoms with Gasteiger partial charge in [-0.25, -0.2) is 0 Å². The van der Waals surface area contributed by atoms with E-state index < -0.39 is 12.4 Å². The predicted molar refractivity (Wildman–Crippen MR) is 56.2 cm³/mol. The fourth-order valence-corrected chi connectivity index (χ4v) is 1.66. The number of Topliss-reactive ketones (excluding diaryl/α,β-unsaturated/α-hetero) is 1. The first-order valence-electron chi connectivity index (χ1n) is 4.20. The average molecular weight is 293 g/mol. The minimum absolute atomic E-state index is 0.0585. The van der Waals surface area contributed by atoms with Crippen LogP contribution in [0, 0.1) is 0 Å². The Bertz CT molecular complexity index is 432. The molecule has 0 bridgehead atoms. The Morgan fingerprint density at radius 1 is 1.50 bits per heavy atom. The third-order valence-electron chi connectivity index (χ3n) is 1.80. The van der Waals surface area contributed by atoms with Crippen molar-refractivity contribution in [3.63, 3.8) is 0 Å². The number of hydrogen-bond acceptors (Lipinski definition) is 3. The maximum atomic E-state index is 12.1. The van der Waals surface area contributed by atoms with E-state index in [2.05, 4.69) is 20.7 Å². The number of halogens is 3. The molecule has 3 nitrogen and oxygen atoms in total. The second kappa shape index (κ2) is 5.16. The van der Waals surface area contributed by atoms with Gasteiger partial charge in [-0.1, -0.05) is 15.9 Å². The summed E-state index contributed by atoms with van der Waals surface area (Å²) < 4.78 is 28.9. The van der Waals surface area contributed by atoms with E-state index in [1.54, 1.807) is 0 Å². The Morgan fingerprint density at radius 3 is 2.56 bits per heavy atom. The van der Waals surface area contributed by atoms with Crippen molar-refractivity contribution in [1.29, 1.82) is 0 Å². The standard InChI is InChI=1S/C10H7BrF2O3/c1-5(15)8-3-7(11)2-6(4-14)9(8)16-10(12)13/h2-4,10H,1H3. The number of benzene rings is 1. The first-order valence-corrected chi connectivity index (χ1v) is 4.99. The van der Waals surface area contributed by atoms with E-state index in [-0.39, 0.29) is 16.9 Å². The van der Waals surface area contributed by atoms with Crippen molar-refractivity contribution in [2.24, 2.45) is 0 Å². The van der Waals surface area contributed by atoms with Crippen molar-refractivity contribution in [3.8, 4) is 5.75 Å². The number of aldehydes is 1. The summed E-state index contributed by atoms with van der Waals surface area (Å²) >= 11 is 3.07. The zero-order valence-corrected chi connectivity index (χ0v) is 9.75. The summed E-state index contributed by atoms with van der Waals surface area (Å²) in [7, 11) is 0. The molecule has 0 aromatic heterocycles. The zero-order chi connectivity index (χ0) is 12.3. The molecular formula is C10H7BrF2O3. The maximum Gasteiger partial charge on any atom is 0.387 e.